The lowest BCUT2D eigenvalue weighted by Gasteiger charge is -2.00. The van der Waals surface area contributed by atoms with Gasteiger partial charge in [0.15, 0.2) is 20.7 Å². The van der Waals surface area contributed by atoms with Crippen molar-refractivity contribution in [2.45, 2.75) is 12.2 Å². The van der Waals surface area contributed by atoms with Crippen LogP contribution >= 0.6 is 11.3 Å². The minimum atomic E-state index is -3.40. The third-order valence-electron chi connectivity index (χ3n) is 2.34. The molecule has 106 valence electrons. The minimum absolute atomic E-state index is 0.179. The Labute approximate surface area is 119 Å². The van der Waals surface area contributed by atoms with Gasteiger partial charge in [0.25, 0.3) is 0 Å². The van der Waals surface area contributed by atoms with E-state index in [2.05, 4.69) is 15.0 Å². The van der Waals surface area contributed by atoms with E-state index < -0.39 is 15.7 Å². The van der Waals surface area contributed by atoms with E-state index >= 15 is 0 Å². The lowest BCUT2D eigenvalue weighted by atomic mass is 10.5. The molecule has 0 saturated heterocycles. The summed E-state index contributed by atoms with van der Waals surface area (Å²) in [5, 5.41) is 2.21. The van der Waals surface area contributed by atoms with Gasteiger partial charge in [0, 0.05) is 24.2 Å². The number of hydrogen-bond donors (Lipinski definition) is 1. The normalized spacial score (nSPS) is 11.4. The summed E-state index contributed by atoms with van der Waals surface area (Å²) in [6.45, 7) is 0. The van der Waals surface area contributed by atoms with Gasteiger partial charge in [-0.15, -0.1) is 11.3 Å². The number of aromatic nitrogens is 3. The number of amides is 1. The van der Waals surface area contributed by atoms with Crippen LogP contribution in [0.2, 0.25) is 0 Å². The first-order valence-electron chi connectivity index (χ1n) is 5.67. The highest BCUT2D eigenvalue weighted by Crippen LogP contribution is 2.20. The van der Waals surface area contributed by atoms with Crippen LogP contribution in [0.15, 0.2) is 23.8 Å². The number of thiazole rings is 1. The van der Waals surface area contributed by atoms with Crippen molar-refractivity contribution in [3.05, 3.63) is 29.5 Å². The molecular weight excluding hydrogens is 300 g/mol. The summed E-state index contributed by atoms with van der Waals surface area (Å²) >= 11 is 1.28. The third kappa shape index (κ3) is 4.07. The van der Waals surface area contributed by atoms with E-state index in [4.69, 9.17) is 5.73 Å². The summed E-state index contributed by atoms with van der Waals surface area (Å²) in [6, 6.07) is 1.69. The Bertz CT molecular complexity index is 697. The van der Waals surface area contributed by atoms with E-state index in [1.807, 2.05) is 0 Å². The fraction of sp³-hybridized carbons (Fsp3) is 0.273. The second-order valence-electron chi connectivity index (χ2n) is 4.02. The zero-order valence-corrected chi connectivity index (χ0v) is 12.0. The molecule has 0 aliphatic rings. The number of nitrogens with zero attached hydrogens (tertiary/aromatic N) is 3. The standard InChI is InChI=1S/C11H12N4O3S2/c12-9(16)2-5-20(17,18)7-8-6-19-11(15-8)10-13-3-1-4-14-10/h1,3-4,6H,2,5,7H2,(H2,12,16). The number of sulfone groups is 1. The number of nitrogens with two attached hydrogens (primary N) is 1. The number of primary amides is 1. The SMILES string of the molecule is NC(=O)CCS(=O)(=O)Cc1csc(-c2ncccn2)n1. The van der Waals surface area contributed by atoms with Crippen LogP contribution in [0.5, 0.6) is 0 Å². The van der Waals surface area contributed by atoms with Gasteiger partial charge in [-0.2, -0.15) is 0 Å². The molecular formula is C11H12N4O3S2. The summed E-state index contributed by atoms with van der Waals surface area (Å²) in [5.41, 5.74) is 5.36. The van der Waals surface area contributed by atoms with Gasteiger partial charge in [-0.25, -0.2) is 23.4 Å². The molecule has 2 rings (SSSR count). The van der Waals surface area contributed by atoms with Gasteiger partial charge in [-0.1, -0.05) is 0 Å². The molecule has 2 aromatic heterocycles. The van der Waals surface area contributed by atoms with Crippen LogP contribution in [0, 0.1) is 0 Å². The minimum Gasteiger partial charge on any atom is -0.370 e. The van der Waals surface area contributed by atoms with Crippen LogP contribution < -0.4 is 5.73 Å². The van der Waals surface area contributed by atoms with Crippen molar-refractivity contribution in [1.29, 1.82) is 0 Å². The maximum Gasteiger partial charge on any atom is 0.218 e. The molecule has 0 aliphatic heterocycles. The second-order valence-corrected chi connectivity index (χ2v) is 7.07. The monoisotopic (exact) mass is 312 g/mol. The van der Waals surface area contributed by atoms with Crippen molar-refractivity contribution in [2.24, 2.45) is 5.73 Å². The number of hydrogen-bond acceptors (Lipinski definition) is 7. The molecule has 7 nitrogen and oxygen atoms in total. The molecule has 0 radical (unpaired) electrons. The molecule has 9 heteroatoms. The molecule has 20 heavy (non-hydrogen) atoms. The molecule has 0 saturated carbocycles. The molecule has 2 heterocycles. The Morgan fingerprint density at radius 1 is 1.30 bits per heavy atom. The van der Waals surface area contributed by atoms with Gasteiger partial charge >= 0.3 is 0 Å². The molecule has 2 N–H and O–H groups in total. The van der Waals surface area contributed by atoms with Gasteiger partial charge in [0.1, 0.15) is 0 Å². The van der Waals surface area contributed by atoms with E-state index in [-0.39, 0.29) is 17.9 Å². The molecule has 0 fully saturated rings. The van der Waals surface area contributed by atoms with Gasteiger partial charge in [-0.05, 0) is 6.07 Å². The van der Waals surface area contributed by atoms with Crippen LogP contribution in [-0.2, 0) is 20.4 Å². The molecule has 0 aromatic carbocycles. The van der Waals surface area contributed by atoms with Crippen LogP contribution in [0.4, 0.5) is 0 Å². The molecule has 0 bridgehead atoms. The number of carbonyl (C=O) groups is 1. The quantitative estimate of drug-likeness (QED) is 0.825. The highest BCUT2D eigenvalue weighted by molar-refractivity contribution is 7.90. The Kier molecular flexibility index (Phi) is 4.40. The maximum atomic E-state index is 11.8. The van der Waals surface area contributed by atoms with Gasteiger partial charge in [-0.3, -0.25) is 4.79 Å². The van der Waals surface area contributed by atoms with E-state index in [1.165, 1.54) is 11.3 Å². The highest BCUT2D eigenvalue weighted by Gasteiger charge is 2.16. The van der Waals surface area contributed by atoms with Gasteiger partial charge in [0.2, 0.25) is 5.91 Å². The van der Waals surface area contributed by atoms with Gasteiger partial charge in [0.05, 0.1) is 17.2 Å². The summed E-state index contributed by atoms with van der Waals surface area (Å²) in [4.78, 5) is 22.9. The molecule has 0 spiro atoms. The summed E-state index contributed by atoms with van der Waals surface area (Å²) < 4.78 is 23.6. The first-order chi connectivity index (χ1) is 9.46. The average Bonchev–Trinajstić information content (AvgIpc) is 2.85. The van der Waals surface area contributed by atoms with Crippen molar-refractivity contribution in [2.75, 3.05) is 5.75 Å². The van der Waals surface area contributed by atoms with Crippen LogP contribution in [0.3, 0.4) is 0 Å². The van der Waals surface area contributed by atoms with Gasteiger partial charge < -0.3 is 5.73 Å². The Balaban J connectivity index is 2.08. The predicted octanol–water partition coefficient (Wildman–Crippen LogP) is 0.390. The maximum absolute atomic E-state index is 11.8. The zero-order chi connectivity index (χ0) is 14.6. The Morgan fingerprint density at radius 2 is 2.00 bits per heavy atom. The summed E-state index contributed by atoms with van der Waals surface area (Å²) in [5.74, 6) is -0.663. The van der Waals surface area contributed by atoms with E-state index in [1.54, 1.807) is 23.8 Å². The smallest absolute Gasteiger partial charge is 0.218 e. The zero-order valence-electron chi connectivity index (χ0n) is 10.4. The fourth-order valence-corrected chi connectivity index (χ4v) is 3.56. The van der Waals surface area contributed by atoms with E-state index in [9.17, 15) is 13.2 Å². The lowest BCUT2D eigenvalue weighted by Crippen LogP contribution is -2.18. The fourth-order valence-electron chi connectivity index (χ4n) is 1.44. The van der Waals surface area contributed by atoms with Crippen molar-refractivity contribution in [3.63, 3.8) is 0 Å². The molecule has 1 amide bonds. The van der Waals surface area contributed by atoms with E-state index in [0.717, 1.165) is 0 Å². The summed E-state index contributed by atoms with van der Waals surface area (Å²) in [7, 11) is -3.40. The van der Waals surface area contributed by atoms with E-state index in [0.29, 0.717) is 16.5 Å². The lowest BCUT2D eigenvalue weighted by molar-refractivity contribution is -0.117. The molecule has 0 unspecified atom stereocenters. The van der Waals surface area contributed by atoms with Crippen molar-refractivity contribution in [1.82, 2.24) is 15.0 Å². The number of rotatable bonds is 6. The molecule has 0 aliphatic carbocycles. The highest BCUT2D eigenvalue weighted by atomic mass is 32.2. The predicted molar refractivity (Wildman–Crippen MR) is 74.4 cm³/mol. The second kappa shape index (κ2) is 6.06. The van der Waals surface area contributed by atoms with Crippen LogP contribution in [0.1, 0.15) is 12.1 Å². The van der Waals surface area contributed by atoms with Crippen molar-refractivity contribution >= 4 is 27.1 Å². The van der Waals surface area contributed by atoms with Crippen LogP contribution in [-0.4, -0.2) is 35.0 Å². The molecule has 0 atom stereocenters. The topological polar surface area (TPSA) is 116 Å². The first kappa shape index (κ1) is 14.5. The summed E-state index contributed by atoms with van der Waals surface area (Å²) in [6.07, 6.45) is 3.00. The van der Waals surface area contributed by atoms with Crippen molar-refractivity contribution < 1.29 is 13.2 Å². The van der Waals surface area contributed by atoms with Crippen LogP contribution in [0.25, 0.3) is 10.8 Å². The average molecular weight is 312 g/mol. The number of carbonyl (C=O) groups excluding carboxylic acids is 1. The Morgan fingerprint density at radius 3 is 2.65 bits per heavy atom. The molecule has 2 aromatic rings. The largest absolute Gasteiger partial charge is 0.370 e. The first-order valence-corrected chi connectivity index (χ1v) is 8.37. The third-order valence-corrected chi connectivity index (χ3v) is 4.78. The Hall–Kier alpha value is -1.87. The van der Waals surface area contributed by atoms with Crippen molar-refractivity contribution in [3.8, 4) is 10.8 Å².